The second kappa shape index (κ2) is 6.24. The van der Waals surface area contributed by atoms with Gasteiger partial charge in [-0.25, -0.2) is 0 Å². The lowest BCUT2D eigenvalue weighted by Gasteiger charge is -2.03. The first-order valence-corrected chi connectivity index (χ1v) is 6.87. The van der Waals surface area contributed by atoms with E-state index in [0.29, 0.717) is 11.4 Å². The van der Waals surface area contributed by atoms with Gasteiger partial charge in [-0.1, -0.05) is 6.07 Å². The van der Waals surface area contributed by atoms with E-state index >= 15 is 0 Å². The quantitative estimate of drug-likeness (QED) is 0.547. The monoisotopic (exact) mass is 328 g/mol. The molecule has 0 saturated carbocycles. The molecule has 2 N–H and O–H groups in total. The predicted octanol–water partition coefficient (Wildman–Crippen LogP) is 2.39. The molecule has 122 valence electrons. The Bertz CT molecular complexity index is 899. The zero-order chi connectivity index (χ0) is 17.1. The Morgan fingerprint density at radius 3 is 2.92 bits per heavy atom. The van der Waals surface area contributed by atoms with E-state index in [1.807, 2.05) is 0 Å². The lowest BCUT2D eigenvalue weighted by Crippen LogP contribution is -2.10. The van der Waals surface area contributed by atoms with Crippen molar-refractivity contribution in [1.82, 2.24) is 9.78 Å². The van der Waals surface area contributed by atoms with Gasteiger partial charge in [0.1, 0.15) is 23.9 Å². The number of amides is 1. The predicted molar refractivity (Wildman–Crippen MR) is 82.8 cm³/mol. The molecule has 2 aromatic heterocycles. The number of anilines is 1. The number of phenolic OH excluding ortho intramolecular Hbond substituents is 1. The fourth-order valence-electron chi connectivity index (χ4n) is 2.05. The van der Waals surface area contributed by atoms with Crippen LogP contribution >= 0.6 is 0 Å². The zero-order valence-corrected chi connectivity index (χ0v) is 12.2. The summed E-state index contributed by atoms with van der Waals surface area (Å²) in [7, 11) is 0. The van der Waals surface area contributed by atoms with E-state index in [0.717, 1.165) is 6.20 Å². The molecule has 0 fully saturated rings. The third kappa shape index (κ3) is 3.40. The summed E-state index contributed by atoms with van der Waals surface area (Å²) in [5, 5.41) is 26.4. The van der Waals surface area contributed by atoms with E-state index in [2.05, 4.69) is 10.4 Å². The second-order valence-corrected chi connectivity index (χ2v) is 4.92. The Labute approximate surface area is 135 Å². The molecule has 0 aliphatic heterocycles. The summed E-state index contributed by atoms with van der Waals surface area (Å²) in [6.07, 6.45) is 2.41. The maximum absolute atomic E-state index is 12.1. The number of nitro groups is 1. The normalized spacial score (nSPS) is 10.5. The lowest BCUT2D eigenvalue weighted by atomic mass is 10.3. The van der Waals surface area contributed by atoms with Crippen molar-refractivity contribution in [2.24, 2.45) is 0 Å². The van der Waals surface area contributed by atoms with Gasteiger partial charge in [-0.15, -0.1) is 0 Å². The van der Waals surface area contributed by atoms with E-state index in [9.17, 15) is 20.0 Å². The first kappa shape index (κ1) is 15.3. The summed E-state index contributed by atoms with van der Waals surface area (Å²) in [5.41, 5.74) is 0.309. The average molecular weight is 328 g/mol. The van der Waals surface area contributed by atoms with Gasteiger partial charge in [0, 0.05) is 11.8 Å². The highest BCUT2D eigenvalue weighted by Crippen LogP contribution is 2.18. The molecule has 0 aliphatic rings. The minimum Gasteiger partial charge on any atom is -0.508 e. The summed E-state index contributed by atoms with van der Waals surface area (Å²) < 4.78 is 6.76. The van der Waals surface area contributed by atoms with Crippen LogP contribution in [0.15, 0.2) is 53.2 Å². The molecule has 9 nitrogen and oxygen atoms in total. The Morgan fingerprint density at radius 1 is 1.38 bits per heavy atom. The molecule has 0 saturated heterocycles. The Balaban J connectivity index is 1.68. The number of carbonyl (C=O) groups is 1. The number of rotatable bonds is 5. The van der Waals surface area contributed by atoms with Gasteiger partial charge in [0.2, 0.25) is 0 Å². The van der Waals surface area contributed by atoms with Crippen LogP contribution in [0.25, 0.3) is 0 Å². The van der Waals surface area contributed by atoms with Crippen LogP contribution < -0.4 is 5.32 Å². The maximum atomic E-state index is 12.1. The second-order valence-electron chi connectivity index (χ2n) is 4.92. The molecule has 1 amide bonds. The van der Waals surface area contributed by atoms with Gasteiger partial charge in [0.15, 0.2) is 5.76 Å². The van der Waals surface area contributed by atoms with Gasteiger partial charge < -0.3 is 14.8 Å². The smallest absolute Gasteiger partial charge is 0.307 e. The van der Waals surface area contributed by atoms with Crippen molar-refractivity contribution >= 4 is 17.3 Å². The fraction of sp³-hybridized carbons (Fsp3) is 0.0667. The molecule has 1 aromatic carbocycles. The molecule has 3 aromatic rings. The maximum Gasteiger partial charge on any atom is 0.307 e. The number of aromatic hydroxyl groups is 1. The molecule has 9 heteroatoms. The highest BCUT2D eigenvalue weighted by molar-refractivity contribution is 6.02. The van der Waals surface area contributed by atoms with E-state index in [1.54, 1.807) is 18.2 Å². The summed E-state index contributed by atoms with van der Waals surface area (Å²) in [5.74, 6) is 0.0653. The molecule has 0 spiro atoms. The highest BCUT2D eigenvalue weighted by atomic mass is 16.6. The van der Waals surface area contributed by atoms with Gasteiger partial charge in [0.25, 0.3) is 5.91 Å². The van der Waals surface area contributed by atoms with Crippen molar-refractivity contribution in [3.63, 3.8) is 0 Å². The third-order valence-electron chi connectivity index (χ3n) is 3.14. The van der Waals surface area contributed by atoms with Crippen molar-refractivity contribution in [3.05, 3.63) is 70.4 Å². The highest BCUT2D eigenvalue weighted by Gasteiger charge is 2.14. The van der Waals surface area contributed by atoms with Gasteiger partial charge in [-0.3, -0.25) is 19.6 Å². The van der Waals surface area contributed by atoms with Crippen LogP contribution in [0.1, 0.15) is 16.3 Å². The molecule has 3 rings (SSSR count). The number of aromatic nitrogens is 2. The van der Waals surface area contributed by atoms with Crippen LogP contribution in [0.4, 0.5) is 11.4 Å². The van der Waals surface area contributed by atoms with Crippen molar-refractivity contribution < 1.29 is 19.2 Å². The Kier molecular flexibility index (Phi) is 3.98. The van der Waals surface area contributed by atoms with Crippen LogP contribution in [0.5, 0.6) is 5.75 Å². The lowest BCUT2D eigenvalue weighted by molar-refractivity contribution is -0.385. The Morgan fingerprint density at radius 2 is 2.21 bits per heavy atom. The minimum atomic E-state index is -0.542. The molecular formula is C15H12N4O5. The number of nitrogens with zero attached hydrogens (tertiary/aromatic N) is 3. The van der Waals surface area contributed by atoms with Crippen LogP contribution in [-0.2, 0) is 6.54 Å². The minimum absolute atomic E-state index is 0.0354. The van der Waals surface area contributed by atoms with Crippen LogP contribution in [0.3, 0.4) is 0 Å². The van der Waals surface area contributed by atoms with Crippen molar-refractivity contribution in [2.75, 3.05) is 5.32 Å². The number of carbonyl (C=O) groups excluding carboxylic acids is 1. The van der Waals surface area contributed by atoms with Crippen LogP contribution in [-0.4, -0.2) is 25.7 Å². The molecular weight excluding hydrogens is 316 g/mol. The van der Waals surface area contributed by atoms with Crippen LogP contribution in [0.2, 0.25) is 0 Å². The number of phenols is 1. The zero-order valence-electron chi connectivity index (χ0n) is 12.2. The molecule has 0 aliphatic carbocycles. The first-order valence-electron chi connectivity index (χ1n) is 6.87. The van der Waals surface area contributed by atoms with Crippen molar-refractivity contribution in [2.45, 2.75) is 6.54 Å². The number of hydrogen-bond acceptors (Lipinski definition) is 6. The number of nitrogens with one attached hydrogen (secondary N) is 1. The first-order chi connectivity index (χ1) is 11.5. The molecule has 0 bridgehead atoms. The topological polar surface area (TPSA) is 123 Å². The van der Waals surface area contributed by atoms with Gasteiger partial charge in [-0.05, 0) is 24.3 Å². The van der Waals surface area contributed by atoms with Crippen LogP contribution in [0, 0.1) is 10.1 Å². The summed E-state index contributed by atoms with van der Waals surface area (Å²) in [4.78, 5) is 22.2. The molecule has 0 atom stereocenters. The Hall–Kier alpha value is -3.62. The molecule has 24 heavy (non-hydrogen) atoms. The summed E-state index contributed by atoms with van der Waals surface area (Å²) in [6.45, 7) is 0.160. The third-order valence-corrected chi connectivity index (χ3v) is 3.14. The molecule has 2 heterocycles. The summed E-state index contributed by atoms with van der Waals surface area (Å²) in [6, 6.07) is 9.21. The SMILES string of the molecule is O=C(Nc1cccc(O)c1)c1ccc(Cn2cc([N+](=O)[O-])cn2)o1. The van der Waals surface area contributed by atoms with E-state index in [4.69, 9.17) is 4.42 Å². The van der Waals surface area contributed by atoms with E-state index in [1.165, 1.54) is 29.1 Å². The van der Waals surface area contributed by atoms with Gasteiger partial charge >= 0.3 is 5.69 Å². The fourth-order valence-corrected chi connectivity index (χ4v) is 2.05. The molecule has 0 unspecified atom stereocenters. The van der Waals surface area contributed by atoms with E-state index in [-0.39, 0.29) is 23.7 Å². The van der Waals surface area contributed by atoms with E-state index < -0.39 is 10.8 Å². The van der Waals surface area contributed by atoms with Crippen molar-refractivity contribution in [3.8, 4) is 5.75 Å². The average Bonchev–Trinajstić information content (AvgIpc) is 3.17. The summed E-state index contributed by atoms with van der Waals surface area (Å²) >= 11 is 0. The molecule has 0 radical (unpaired) electrons. The number of furan rings is 1. The van der Waals surface area contributed by atoms with Crippen molar-refractivity contribution in [1.29, 1.82) is 0 Å². The number of benzene rings is 1. The van der Waals surface area contributed by atoms with Gasteiger partial charge in [0.05, 0.1) is 11.5 Å². The number of hydrogen-bond donors (Lipinski definition) is 2. The van der Waals surface area contributed by atoms with Gasteiger partial charge in [-0.2, -0.15) is 5.10 Å². The standard InChI is InChI=1S/C15H12N4O5/c20-12-3-1-2-10(6-12)17-15(21)14-5-4-13(24-14)9-18-8-11(7-16-18)19(22)23/h1-8,20H,9H2,(H,17,21). The largest absolute Gasteiger partial charge is 0.508 e.